The number of carbonyl (C=O) groups is 1. The maximum absolute atomic E-state index is 12.9. The Labute approximate surface area is 149 Å². The molecule has 3 rings (SSSR count). The number of aromatic nitrogens is 1. The number of nitrogens with zero attached hydrogens (tertiary/aromatic N) is 1. The van der Waals surface area contributed by atoms with Crippen molar-refractivity contribution in [2.75, 3.05) is 0 Å². The van der Waals surface area contributed by atoms with Gasteiger partial charge in [-0.1, -0.05) is 42.5 Å². The molecule has 0 spiro atoms. The molecule has 2 aromatic carbocycles. The SMILES string of the molecule is Cc1nc(-c2ccccc2)sc1CNC(=O)NCc1ccc(F)cc1. The van der Waals surface area contributed by atoms with Crippen LogP contribution in [0.5, 0.6) is 0 Å². The van der Waals surface area contributed by atoms with Gasteiger partial charge < -0.3 is 10.6 Å². The van der Waals surface area contributed by atoms with Gasteiger partial charge in [-0.15, -0.1) is 11.3 Å². The molecule has 2 amide bonds. The molecule has 0 aliphatic rings. The summed E-state index contributed by atoms with van der Waals surface area (Å²) in [5.41, 5.74) is 2.84. The van der Waals surface area contributed by atoms with Crippen LogP contribution in [0.15, 0.2) is 54.6 Å². The van der Waals surface area contributed by atoms with Crippen LogP contribution in [0.4, 0.5) is 9.18 Å². The first-order valence-corrected chi connectivity index (χ1v) is 8.71. The molecule has 6 heteroatoms. The first-order valence-electron chi connectivity index (χ1n) is 7.89. The number of urea groups is 1. The minimum atomic E-state index is -0.289. The van der Waals surface area contributed by atoms with Crippen molar-refractivity contribution in [2.45, 2.75) is 20.0 Å². The van der Waals surface area contributed by atoms with E-state index in [4.69, 9.17) is 0 Å². The summed E-state index contributed by atoms with van der Waals surface area (Å²) in [6.45, 7) is 2.71. The fourth-order valence-electron chi connectivity index (χ4n) is 2.30. The Hall–Kier alpha value is -2.73. The predicted octanol–water partition coefficient (Wildman–Crippen LogP) is 4.26. The van der Waals surface area contributed by atoms with Crippen molar-refractivity contribution in [3.8, 4) is 10.6 Å². The lowest BCUT2D eigenvalue weighted by Gasteiger charge is -2.07. The average molecular weight is 355 g/mol. The van der Waals surface area contributed by atoms with E-state index in [0.717, 1.165) is 26.7 Å². The molecule has 128 valence electrons. The van der Waals surface area contributed by atoms with Crippen molar-refractivity contribution in [3.63, 3.8) is 0 Å². The topological polar surface area (TPSA) is 54.0 Å². The summed E-state index contributed by atoms with van der Waals surface area (Å²) in [5, 5.41) is 6.54. The number of nitrogens with one attached hydrogen (secondary N) is 2. The second kappa shape index (κ2) is 7.90. The van der Waals surface area contributed by atoms with Crippen molar-refractivity contribution >= 4 is 17.4 Å². The van der Waals surface area contributed by atoms with E-state index in [1.54, 1.807) is 23.5 Å². The fraction of sp³-hybridized carbons (Fsp3) is 0.158. The van der Waals surface area contributed by atoms with Gasteiger partial charge in [-0.25, -0.2) is 14.2 Å². The number of aryl methyl sites for hydroxylation is 1. The molecule has 3 aromatic rings. The van der Waals surface area contributed by atoms with Crippen molar-refractivity contribution in [1.82, 2.24) is 15.6 Å². The van der Waals surface area contributed by atoms with Gasteiger partial charge in [0.15, 0.2) is 0 Å². The van der Waals surface area contributed by atoms with Crippen LogP contribution in [0.2, 0.25) is 0 Å². The van der Waals surface area contributed by atoms with E-state index in [-0.39, 0.29) is 11.8 Å². The van der Waals surface area contributed by atoms with E-state index < -0.39 is 0 Å². The van der Waals surface area contributed by atoms with Gasteiger partial charge in [0.2, 0.25) is 0 Å². The van der Waals surface area contributed by atoms with Crippen LogP contribution in [0, 0.1) is 12.7 Å². The second-order valence-electron chi connectivity index (χ2n) is 5.56. The summed E-state index contributed by atoms with van der Waals surface area (Å²) in [5.74, 6) is -0.289. The van der Waals surface area contributed by atoms with E-state index in [0.29, 0.717) is 13.1 Å². The molecule has 25 heavy (non-hydrogen) atoms. The van der Waals surface area contributed by atoms with E-state index in [1.165, 1.54) is 12.1 Å². The molecular formula is C19H18FN3OS. The average Bonchev–Trinajstić information content (AvgIpc) is 3.01. The number of rotatable bonds is 5. The molecular weight excluding hydrogens is 337 g/mol. The summed E-state index contributed by atoms with van der Waals surface area (Å²) < 4.78 is 12.9. The molecule has 0 fully saturated rings. The van der Waals surface area contributed by atoms with Crippen LogP contribution >= 0.6 is 11.3 Å². The summed E-state index contributed by atoms with van der Waals surface area (Å²) in [6.07, 6.45) is 0. The highest BCUT2D eigenvalue weighted by atomic mass is 32.1. The standard InChI is InChI=1S/C19H18FN3OS/c1-13-17(25-18(23-13)15-5-3-2-4-6-15)12-22-19(24)21-11-14-7-9-16(20)10-8-14/h2-10H,11-12H2,1H3,(H2,21,22,24). The lowest BCUT2D eigenvalue weighted by atomic mass is 10.2. The summed E-state index contributed by atoms with van der Waals surface area (Å²) >= 11 is 1.58. The van der Waals surface area contributed by atoms with Crippen LogP contribution < -0.4 is 10.6 Å². The number of amides is 2. The molecule has 0 atom stereocenters. The minimum absolute atomic E-state index is 0.265. The molecule has 2 N–H and O–H groups in total. The summed E-state index contributed by atoms with van der Waals surface area (Å²) in [6, 6.07) is 15.7. The predicted molar refractivity (Wildman–Crippen MR) is 97.8 cm³/mol. The first kappa shape index (κ1) is 17.1. The third kappa shape index (κ3) is 4.64. The molecule has 1 heterocycles. The van der Waals surface area contributed by atoms with Crippen LogP contribution in [0.1, 0.15) is 16.1 Å². The van der Waals surface area contributed by atoms with Crippen LogP contribution in [-0.4, -0.2) is 11.0 Å². The largest absolute Gasteiger partial charge is 0.334 e. The van der Waals surface area contributed by atoms with Crippen molar-refractivity contribution in [3.05, 3.63) is 76.5 Å². The Kier molecular flexibility index (Phi) is 5.40. The van der Waals surface area contributed by atoms with Crippen molar-refractivity contribution in [1.29, 1.82) is 0 Å². The highest BCUT2D eigenvalue weighted by Gasteiger charge is 2.10. The Balaban J connectivity index is 1.53. The molecule has 1 aromatic heterocycles. The molecule has 0 aliphatic heterocycles. The van der Waals surface area contributed by atoms with Gasteiger partial charge in [0.25, 0.3) is 0 Å². The van der Waals surface area contributed by atoms with E-state index in [2.05, 4.69) is 15.6 Å². The van der Waals surface area contributed by atoms with Gasteiger partial charge in [0.1, 0.15) is 10.8 Å². The molecule has 0 unspecified atom stereocenters. The minimum Gasteiger partial charge on any atom is -0.334 e. The Morgan fingerprint density at radius 3 is 2.44 bits per heavy atom. The third-order valence-electron chi connectivity index (χ3n) is 3.69. The van der Waals surface area contributed by atoms with Gasteiger partial charge in [-0.3, -0.25) is 0 Å². The number of benzene rings is 2. The summed E-state index contributed by atoms with van der Waals surface area (Å²) in [7, 11) is 0. The quantitative estimate of drug-likeness (QED) is 0.719. The molecule has 4 nitrogen and oxygen atoms in total. The number of hydrogen-bond donors (Lipinski definition) is 2. The third-order valence-corrected chi connectivity index (χ3v) is 4.90. The zero-order chi connectivity index (χ0) is 17.6. The molecule has 0 bridgehead atoms. The fourth-order valence-corrected chi connectivity index (χ4v) is 3.31. The smallest absolute Gasteiger partial charge is 0.315 e. The highest BCUT2D eigenvalue weighted by molar-refractivity contribution is 7.15. The molecule has 0 saturated carbocycles. The Morgan fingerprint density at radius 2 is 1.72 bits per heavy atom. The number of hydrogen-bond acceptors (Lipinski definition) is 3. The Bertz CT molecular complexity index is 847. The van der Waals surface area contributed by atoms with Crippen molar-refractivity contribution < 1.29 is 9.18 Å². The molecule has 0 saturated heterocycles. The molecule has 0 radical (unpaired) electrons. The number of halogens is 1. The van der Waals surface area contributed by atoms with E-state index in [1.807, 2.05) is 37.3 Å². The van der Waals surface area contributed by atoms with Gasteiger partial charge in [0.05, 0.1) is 12.2 Å². The summed E-state index contributed by atoms with van der Waals surface area (Å²) in [4.78, 5) is 17.5. The number of thiazole rings is 1. The van der Waals surface area contributed by atoms with E-state index in [9.17, 15) is 9.18 Å². The monoisotopic (exact) mass is 355 g/mol. The van der Waals surface area contributed by atoms with Gasteiger partial charge in [-0.2, -0.15) is 0 Å². The zero-order valence-electron chi connectivity index (χ0n) is 13.8. The molecule has 0 aliphatic carbocycles. The van der Waals surface area contributed by atoms with E-state index >= 15 is 0 Å². The Morgan fingerprint density at radius 1 is 1.04 bits per heavy atom. The second-order valence-corrected chi connectivity index (χ2v) is 6.64. The first-order chi connectivity index (χ1) is 12.1. The van der Waals surface area contributed by atoms with Crippen LogP contribution in [0.25, 0.3) is 10.6 Å². The highest BCUT2D eigenvalue weighted by Crippen LogP contribution is 2.27. The van der Waals surface area contributed by atoms with Crippen molar-refractivity contribution in [2.24, 2.45) is 0 Å². The van der Waals surface area contributed by atoms with Crippen LogP contribution in [-0.2, 0) is 13.1 Å². The lowest BCUT2D eigenvalue weighted by molar-refractivity contribution is 0.240. The van der Waals surface area contributed by atoms with Gasteiger partial charge in [0, 0.05) is 17.0 Å². The maximum Gasteiger partial charge on any atom is 0.315 e. The van der Waals surface area contributed by atoms with Gasteiger partial charge in [-0.05, 0) is 24.6 Å². The zero-order valence-corrected chi connectivity index (χ0v) is 14.6. The number of carbonyl (C=O) groups excluding carboxylic acids is 1. The van der Waals surface area contributed by atoms with Gasteiger partial charge >= 0.3 is 6.03 Å². The van der Waals surface area contributed by atoms with Crippen LogP contribution in [0.3, 0.4) is 0 Å². The normalized spacial score (nSPS) is 10.5. The lowest BCUT2D eigenvalue weighted by Crippen LogP contribution is -2.34. The maximum atomic E-state index is 12.9.